The first-order chi connectivity index (χ1) is 7.31. The third-order valence-electron chi connectivity index (χ3n) is 3.86. The average molecular weight is 266 g/mol. The van der Waals surface area contributed by atoms with Gasteiger partial charge in [0.05, 0.1) is 0 Å². The molecule has 2 heteroatoms. The van der Waals surface area contributed by atoms with E-state index in [-0.39, 0.29) is 0 Å². The molecular weight excluding hydrogens is 250 g/mol. The molecule has 1 nitrogen and oxygen atoms in total. The molecule has 0 heterocycles. The van der Waals surface area contributed by atoms with Gasteiger partial charge >= 0.3 is 0 Å². The van der Waals surface area contributed by atoms with Crippen LogP contribution in [0.1, 0.15) is 42.3 Å². The van der Waals surface area contributed by atoms with Crippen LogP contribution in [-0.2, 0) is 0 Å². The van der Waals surface area contributed by atoms with Crippen LogP contribution in [0.3, 0.4) is 0 Å². The average Bonchev–Trinajstić information content (AvgIpc) is 3.00. The van der Waals surface area contributed by atoms with Gasteiger partial charge in [-0.1, -0.05) is 28.1 Å². The van der Waals surface area contributed by atoms with E-state index in [2.05, 4.69) is 46.5 Å². The maximum atomic E-state index is 3.71. The normalized spacial score (nSPS) is 29.2. The third-order valence-corrected chi connectivity index (χ3v) is 4.55. The zero-order valence-electron chi connectivity index (χ0n) is 8.96. The van der Waals surface area contributed by atoms with Crippen LogP contribution < -0.4 is 5.32 Å². The van der Waals surface area contributed by atoms with E-state index < -0.39 is 0 Å². The fraction of sp³-hybridized carbons (Fsp3) is 0.538. The van der Waals surface area contributed by atoms with Crippen LogP contribution >= 0.6 is 15.9 Å². The Morgan fingerprint density at radius 1 is 1.33 bits per heavy atom. The number of hydrogen-bond acceptors (Lipinski definition) is 1. The van der Waals surface area contributed by atoms with E-state index in [4.69, 9.17) is 0 Å². The summed E-state index contributed by atoms with van der Waals surface area (Å²) in [5, 5.41) is 3.44. The van der Waals surface area contributed by atoms with Crippen molar-refractivity contribution < 1.29 is 0 Å². The van der Waals surface area contributed by atoms with Crippen LogP contribution in [0.25, 0.3) is 0 Å². The van der Waals surface area contributed by atoms with Gasteiger partial charge in [0.2, 0.25) is 0 Å². The molecule has 80 valence electrons. The quantitative estimate of drug-likeness (QED) is 0.862. The molecule has 2 atom stereocenters. The predicted octanol–water partition coefficient (Wildman–Crippen LogP) is 3.61. The fourth-order valence-electron chi connectivity index (χ4n) is 2.95. The summed E-state index contributed by atoms with van der Waals surface area (Å²) in [6.45, 7) is 0. The summed E-state index contributed by atoms with van der Waals surface area (Å²) < 4.78 is 1.31. The van der Waals surface area contributed by atoms with Gasteiger partial charge < -0.3 is 5.32 Å². The lowest BCUT2D eigenvalue weighted by molar-refractivity contribution is 0.501. The maximum absolute atomic E-state index is 3.71. The molecule has 3 rings (SSSR count). The Morgan fingerprint density at radius 3 is 2.80 bits per heavy atom. The highest BCUT2D eigenvalue weighted by Gasteiger charge is 2.40. The number of halogens is 1. The standard InChI is InChI=1S/C13H16BrN/c1-15-12-7-10(8-5-6-8)13-9(12)3-2-4-11(13)14/h2-4,8,10,12,15H,5-7H2,1H3. The Labute approximate surface area is 99.4 Å². The SMILES string of the molecule is CNC1CC(C2CC2)c2c(Br)cccc21. The molecule has 1 N–H and O–H groups in total. The molecule has 1 aromatic rings. The fourth-order valence-corrected chi connectivity index (χ4v) is 3.62. The van der Waals surface area contributed by atoms with Crippen molar-refractivity contribution in [2.45, 2.75) is 31.2 Å². The molecule has 2 aliphatic carbocycles. The van der Waals surface area contributed by atoms with E-state index in [0.29, 0.717) is 6.04 Å². The monoisotopic (exact) mass is 265 g/mol. The third kappa shape index (κ3) is 1.55. The second-order valence-electron chi connectivity index (χ2n) is 4.76. The van der Waals surface area contributed by atoms with Crippen LogP contribution in [0.2, 0.25) is 0 Å². The topological polar surface area (TPSA) is 12.0 Å². The number of rotatable bonds is 2. The lowest BCUT2D eigenvalue weighted by Gasteiger charge is -2.11. The summed E-state index contributed by atoms with van der Waals surface area (Å²) in [6, 6.07) is 7.20. The van der Waals surface area contributed by atoms with E-state index >= 15 is 0 Å². The highest BCUT2D eigenvalue weighted by Crippen LogP contribution is 2.54. The first-order valence-electron chi connectivity index (χ1n) is 5.77. The molecule has 2 aliphatic rings. The van der Waals surface area contributed by atoms with E-state index in [0.717, 1.165) is 11.8 Å². The molecule has 0 saturated heterocycles. The molecule has 0 bridgehead atoms. The second-order valence-corrected chi connectivity index (χ2v) is 5.62. The minimum Gasteiger partial charge on any atom is -0.313 e. The van der Waals surface area contributed by atoms with E-state index in [9.17, 15) is 0 Å². The molecule has 0 spiro atoms. The molecule has 0 amide bonds. The predicted molar refractivity (Wildman–Crippen MR) is 66.0 cm³/mol. The molecule has 2 unspecified atom stereocenters. The van der Waals surface area contributed by atoms with Gasteiger partial charge in [0.25, 0.3) is 0 Å². The Balaban J connectivity index is 2.06. The van der Waals surface area contributed by atoms with Crippen molar-refractivity contribution in [3.63, 3.8) is 0 Å². The molecule has 15 heavy (non-hydrogen) atoms. The Bertz CT molecular complexity index is 384. The van der Waals surface area contributed by atoms with Crippen molar-refractivity contribution in [1.82, 2.24) is 5.32 Å². The van der Waals surface area contributed by atoms with Gasteiger partial charge in [-0.2, -0.15) is 0 Å². The number of hydrogen-bond donors (Lipinski definition) is 1. The first-order valence-corrected chi connectivity index (χ1v) is 6.56. The minimum atomic E-state index is 0.572. The van der Waals surface area contributed by atoms with Gasteiger partial charge in [0, 0.05) is 10.5 Å². The summed E-state index contributed by atoms with van der Waals surface area (Å²) in [6.07, 6.45) is 4.16. The highest BCUT2D eigenvalue weighted by atomic mass is 79.9. The van der Waals surface area contributed by atoms with Crippen molar-refractivity contribution in [2.75, 3.05) is 7.05 Å². The van der Waals surface area contributed by atoms with Crippen molar-refractivity contribution >= 4 is 15.9 Å². The van der Waals surface area contributed by atoms with Gasteiger partial charge in [0.1, 0.15) is 0 Å². The van der Waals surface area contributed by atoms with Crippen LogP contribution in [-0.4, -0.2) is 7.05 Å². The number of nitrogens with one attached hydrogen (secondary N) is 1. The van der Waals surface area contributed by atoms with Gasteiger partial charge in [-0.3, -0.25) is 0 Å². The maximum Gasteiger partial charge on any atom is 0.0326 e. The summed E-state index contributed by atoms with van der Waals surface area (Å²) >= 11 is 3.71. The van der Waals surface area contributed by atoms with Crippen molar-refractivity contribution in [3.8, 4) is 0 Å². The smallest absolute Gasteiger partial charge is 0.0326 e. The van der Waals surface area contributed by atoms with Crippen molar-refractivity contribution in [1.29, 1.82) is 0 Å². The molecule has 1 saturated carbocycles. The van der Waals surface area contributed by atoms with Crippen LogP contribution in [0.15, 0.2) is 22.7 Å². The summed E-state index contributed by atoms with van der Waals surface area (Å²) in [5.74, 6) is 1.76. The second kappa shape index (κ2) is 3.60. The van der Waals surface area contributed by atoms with E-state index in [1.807, 2.05) is 0 Å². The van der Waals surface area contributed by atoms with Crippen LogP contribution in [0.5, 0.6) is 0 Å². The first kappa shape index (κ1) is 9.86. The molecule has 1 aromatic carbocycles. The Morgan fingerprint density at radius 2 is 2.13 bits per heavy atom. The number of benzene rings is 1. The molecule has 0 aromatic heterocycles. The van der Waals surface area contributed by atoms with Crippen LogP contribution in [0, 0.1) is 5.92 Å². The van der Waals surface area contributed by atoms with Gasteiger partial charge in [-0.25, -0.2) is 0 Å². The lowest BCUT2D eigenvalue weighted by atomic mass is 9.96. The Kier molecular flexibility index (Phi) is 2.37. The van der Waals surface area contributed by atoms with Crippen molar-refractivity contribution in [3.05, 3.63) is 33.8 Å². The summed E-state index contributed by atoms with van der Waals surface area (Å²) in [4.78, 5) is 0. The van der Waals surface area contributed by atoms with Gasteiger partial charge in [-0.15, -0.1) is 0 Å². The van der Waals surface area contributed by atoms with Gasteiger partial charge in [0.15, 0.2) is 0 Å². The largest absolute Gasteiger partial charge is 0.313 e. The van der Waals surface area contributed by atoms with Crippen molar-refractivity contribution in [2.24, 2.45) is 5.92 Å². The van der Waals surface area contributed by atoms with Gasteiger partial charge in [-0.05, 0) is 55.3 Å². The van der Waals surface area contributed by atoms with E-state index in [1.54, 1.807) is 5.56 Å². The molecule has 0 aliphatic heterocycles. The molecular formula is C13H16BrN. The summed E-state index contributed by atoms with van der Waals surface area (Å²) in [7, 11) is 2.07. The van der Waals surface area contributed by atoms with E-state index in [1.165, 1.54) is 29.3 Å². The Hall–Kier alpha value is -0.340. The lowest BCUT2D eigenvalue weighted by Crippen LogP contribution is -2.13. The zero-order valence-corrected chi connectivity index (χ0v) is 10.5. The molecule has 0 radical (unpaired) electrons. The number of fused-ring (bicyclic) bond motifs is 1. The molecule has 1 fully saturated rings. The summed E-state index contributed by atoms with van der Waals surface area (Å²) in [5.41, 5.74) is 3.10. The zero-order chi connectivity index (χ0) is 10.4. The minimum absolute atomic E-state index is 0.572. The highest BCUT2D eigenvalue weighted by molar-refractivity contribution is 9.10. The van der Waals surface area contributed by atoms with Crippen LogP contribution in [0.4, 0.5) is 0 Å².